The molecule has 0 saturated carbocycles. The fourth-order valence-electron chi connectivity index (χ4n) is 2.81. The minimum absolute atomic E-state index is 0.0213. The maximum absolute atomic E-state index is 12.4. The van der Waals surface area contributed by atoms with Crippen LogP contribution in [-0.2, 0) is 4.79 Å². The summed E-state index contributed by atoms with van der Waals surface area (Å²) in [5.41, 5.74) is 14.0. The van der Waals surface area contributed by atoms with Gasteiger partial charge in [0.05, 0.1) is 11.9 Å². The molecular weight excluding hydrogens is 402 g/mol. The highest BCUT2D eigenvalue weighted by Gasteiger charge is 2.22. The van der Waals surface area contributed by atoms with E-state index in [1.165, 1.54) is 4.79 Å². The van der Waals surface area contributed by atoms with Gasteiger partial charge in [-0.3, -0.25) is 24.8 Å². The van der Waals surface area contributed by atoms with Gasteiger partial charge < -0.3 is 22.1 Å². The summed E-state index contributed by atoms with van der Waals surface area (Å²) in [5, 5.41) is 9.76. The first-order valence-electron chi connectivity index (χ1n) is 9.38. The third-order valence-electron chi connectivity index (χ3n) is 4.33. The SMILES string of the molecule is CC(C)[C@@H](Nc1nc(Nc2ccc(Nn3cccn3)cc2)c(C(N)=O)c(=O)[nH]1)C(N)=O. The number of nitrogens with two attached hydrogens (primary N) is 2. The van der Waals surface area contributed by atoms with Crippen molar-refractivity contribution in [3.05, 3.63) is 58.6 Å². The average Bonchev–Trinajstić information content (AvgIpc) is 3.19. The Morgan fingerprint density at radius 2 is 1.81 bits per heavy atom. The Hall–Kier alpha value is -4.35. The number of benzene rings is 1. The number of aromatic amines is 1. The maximum Gasteiger partial charge on any atom is 0.267 e. The highest BCUT2D eigenvalue weighted by molar-refractivity contribution is 5.98. The number of aromatic nitrogens is 4. The van der Waals surface area contributed by atoms with Gasteiger partial charge in [0.2, 0.25) is 11.9 Å². The third-order valence-corrected chi connectivity index (χ3v) is 4.33. The number of H-pyrrole nitrogens is 1. The lowest BCUT2D eigenvalue weighted by Crippen LogP contribution is -2.40. The quantitative estimate of drug-likeness (QED) is 0.288. The second-order valence-electron chi connectivity index (χ2n) is 7.04. The van der Waals surface area contributed by atoms with Gasteiger partial charge in [0.15, 0.2) is 5.82 Å². The molecule has 3 rings (SSSR count). The van der Waals surface area contributed by atoms with Crippen molar-refractivity contribution < 1.29 is 9.59 Å². The van der Waals surface area contributed by atoms with E-state index in [1.54, 1.807) is 56.6 Å². The molecule has 0 aliphatic heterocycles. The second-order valence-corrected chi connectivity index (χ2v) is 7.04. The molecule has 1 aromatic carbocycles. The van der Waals surface area contributed by atoms with Crippen molar-refractivity contribution in [1.29, 1.82) is 0 Å². The molecule has 0 radical (unpaired) electrons. The number of nitrogens with zero attached hydrogens (tertiary/aromatic N) is 3. The minimum atomic E-state index is -0.949. The maximum atomic E-state index is 12.4. The molecule has 12 heteroatoms. The lowest BCUT2D eigenvalue weighted by atomic mass is 10.0. The molecule has 2 amide bonds. The van der Waals surface area contributed by atoms with Crippen LogP contribution in [0.1, 0.15) is 24.2 Å². The Morgan fingerprint density at radius 1 is 1.13 bits per heavy atom. The number of primary amides is 2. The molecule has 31 heavy (non-hydrogen) atoms. The van der Waals surface area contributed by atoms with E-state index in [0.717, 1.165) is 5.69 Å². The number of hydrogen-bond donors (Lipinski definition) is 6. The van der Waals surface area contributed by atoms with Crippen molar-refractivity contribution in [2.24, 2.45) is 17.4 Å². The number of nitrogens with one attached hydrogen (secondary N) is 4. The number of carbonyl (C=O) groups is 2. The van der Waals surface area contributed by atoms with Gasteiger partial charge in [0, 0.05) is 11.9 Å². The summed E-state index contributed by atoms with van der Waals surface area (Å²) in [6, 6.07) is 7.97. The van der Waals surface area contributed by atoms with E-state index >= 15 is 0 Å². The summed E-state index contributed by atoms with van der Waals surface area (Å²) in [5.74, 6) is -1.79. The predicted octanol–water partition coefficient (Wildman–Crippen LogP) is 0.606. The van der Waals surface area contributed by atoms with Crippen LogP contribution < -0.4 is 33.1 Å². The first-order chi connectivity index (χ1) is 14.7. The highest BCUT2D eigenvalue weighted by atomic mass is 16.2. The monoisotopic (exact) mass is 425 g/mol. The van der Waals surface area contributed by atoms with Gasteiger partial charge >= 0.3 is 0 Å². The molecule has 1 atom stereocenters. The van der Waals surface area contributed by atoms with E-state index in [1.807, 2.05) is 0 Å². The molecule has 0 aliphatic rings. The number of carbonyl (C=O) groups excluding carboxylic acids is 2. The topological polar surface area (TPSA) is 186 Å². The van der Waals surface area contributed by atoms with Crippen LogP contribution in [0.5, 0.6) is 0 Å². The fraction of sp³-hybridized carbons (Fsp3) is 0.211. The van der Waals surface area contributed by atoms with Crippen molar-refractivity contribution in [1.82, 2.24) is 19.9 Å². The molecule has 0 bridgehead atoms. The van der Waals surface area contributed by atoms with E-state index in [-0.39, 0.29) is 23.2 Å². The zero-order valence-electron chi connectivity index (χ0n) is 16.9. The van der Waals surface area contributed by atoms with E-state index in [0.29, 0.717) is 5.69 Å². The van der Waals surface area contributed by atoms with E-state index in [2.05, 4.69) is 31.1 Å². The Kier molecular flexibility index (Phi) is 6.19. The average molecular weight is 425 g/mol. The van der Waals surface area contributed by atoms with E-state index in [4.69, 9.17) is 11.5 Å². The molecule has 2 aromatic heterocycles. The standard InChI is InChI=1S/C19H23N9O3/c1-10(2)14(16(21)30)24-19-25-17(13(15(20)29)18(31)26-19)23-11-4-6-12(7-5-11)27-28-9-3-8-22-28/h3-10,14,27H,1-2H3,(H2,20,29)(H2,21,30)(H3,23,24,25,26,31)/t14-/m1/s1. The van der Waals surface area contributed by atoms with Gasteiger partial charge in [-0.25, -0.2) is 0 Å². The Bertz CT molecular complexity index is 1120. The minimum Gasteiger partial charge on any atom is -0.368 e. The van der Waals surface area contributed by atoms with Crippen molar-refractivity contribution in [3.8, 4) is 0 Å². The van der Waals surface area contributed by atoms with Crippen LogP contribution in [0.2, 0.25) is 0 Å². The smallest absolute Gasteiger partial charge is 0.267 e. The zero-order valence-corrected chi connectivity index (χ0v) is 16.9. The zero-order chi connectivity index (χ0) is 22.5. The summed E-state index contributed by atoms with van der Waals surface area (Å²) < 4.78 is 0. The molecule has 12 nitrogen and oxygen atoms in total. The first kappa shape index (κ1) is 21.4. The molecule has 0 unspecified atom stereocenters. The Labute approximate surface area is 177 Å². The summed E-state index contributed by atoms with van der Waals surface area (Å²) in [6.45, 7) is 3.58. The van der Waals surface area contributed by atoms with Gasteiger partial charge in [-0.15, -0.1) is 0 Å². The summed E-state index contributed by atoms with van der Waals surface area (Å²) in [4.78, 5) is 44.1. The number of amides is 2. The Balaban J connectivity index is 1.88. The highest BCUT2D eigenvalue weighted by Crippen LogP contribution is 2.20. The molecular formula is C19H23N9O3. The summed E-state index contributed by atoms with van der Waals surface area (Å²) >= 11 is 0. The molecule has 3 aromatic rings. The number of anilines is 4. The van der Waals surface area contributed by atoms with Crippen molar-refractivity contribution >= 4 is 35.0 Å². The van der Waals surface area contributed by atoms with Crippen LogP contribution in [0, 0.1) is 5.92 Å². The van der Waals surface area contributed by atoms with Crippen LogP contribution >= 0.6 is 0 Å². The van der Waals surface area contributed by atoms with Crippen LogP contribution in [0.3, 0.4) is 0 Å². The molecule has 0 spiro atoms. The predicted molar refractivity (Wildman–Crippen MR) is 116 cm³/mol. The molecule has 162 valence electrons. The van der Waals surface area contributed by atoms with Crippen molar-refractivity contribution in [2.75, 3.05) is 16.1 Å². The van der Waals surface area contributed by atoms with Crippen molar-refractivity contribution in [3.63, 3.8) is 0 Å². The van der Waals surface area contributed by atoms with Gasteiger partial charge in [0.25, 0.3) is 11.5 Å². The second kappa shape index (κ2) is 8.98. The molecule has 0 aliphatic carbocycles. The van der Waals surface area contributed by atoms with Crippen LogP contribution in [0.25, 0.3) is 0 Å². The van der Waals surface area contributed by atoms with Gasteiger partial charge in [-0.2, -0.15) is 14.9 Å². The lowest BCUT2D eigenvalue weighted by molar-refractivity contribution is -0.119. The summed E-state index contributed by atoms with van der Waals surface area (Å²) in [7, 11) is 0. The van der Waals surface area contributed by atoms with E-state index < -0.39 is 23.4 Å². The Morgan fingerprint density at radius 3 is 2.35 bits per heavy atom. The summed E-state index contributed by atoms with van der Waals surface area (Å²) in [6.07, 6.45) is 3.39. The fourth-order valence-corrected chi connectivity index (χ4v) is 2.81. The largest absolute Gasteiger partial charge is 0.368 e. The first-order valence-corrected chi connectivity index (χ1v) is 9.38. The van der Waals surface area contributed by atoms with Gasteiger partial charge in [0.1, 0.15) is 11.6 Å². The molecule has 2 heterocycles. The normalized spacial score (nSPS) is 11.7. The van der Waals surface area contributed by atoms with Crippen molar-refractivity contribution in [2.45, 2.75) is 19.9 Å². The van der Waals surface area contributed by atoms with Crippen LogP contribution in [-0.4, -0.2) is 37.7 Å². The van der Waals surface area contributed by atoms with Gasteiger partial charge in [-0.1, -0.05) is 13.8 Å². The van der Waals surface area contributed by atoms with Crippen LogP contribution in [0.4, 0.5) is 23.1 Å². The molecule has 8 N–H and O–H groups in total. The molecule has 0 fully saturated rings. The number of hydrogen-bond acceptors (Lipinski definition) is 8. The molecule has 0 saturated heterocycles. The van der Waals surface area contributed by atoms with Gasteiger partial charge in [-0.05, 0) is 36.2 Å². The number of rotatable bonds is 9. The third kappa shape index (κ3) is 5.18. The van der Waals surface area contributed by atoms with Crippen LogP contribution in [0.15, 0.2) is 47.5 Å². The van der Waals surface area contributed by atoms with E-state index in [9.17, 15) is 14.4 Å². The lowest BCUT2D eigenvalue weighted by Gasteiger charge is -2.20.